The van der Waals surface area contributed by atoms with Crippen molar-refractivity contribution in [2.75, 3.05) is 5.32 Å². The summed E-state index contributed by atoms with van der Waals surface area (Å²) in [4.78, 5) is 24.2. The molecular formula is C17H15N3O4S. The van der Waals surface area contributed by atoms with Gasteiger partial charge in [0.1, 0.15) is 17.9 Å². The first-order valence-electron chi connectivity index (χ1n) is 7.59. The number of anilines is 1. The minimum Gasteiger partial charge on any atom is -0.482 e. The van der Waals surface area contributed by atoms with E-state index >= 15 is 0 Å². The average molecular weight is 357 g/mol. The number of rotatable bonds is 6. The summed E-state index contributed by atoms with van der Waals surface area (Å²) in [5.74, 6) is -0.639. The van der Waals surface area contributed by atoms with E-state index in [1.807, 2.05) is 37.3 Å². The number of aromatic nitrogens is 2. The Labute approximate surface area is 147 Å². The minimum atomic E-state index is -0.564. The van der Waals surface area contributed by atoms with Crippen LogP contribution in [-0.4, -0.2) is 16.1 Å². The van der Waals surface area contributed by atoms with E-state index in [0.717, 1.165) is 29.3 Å². The van der Waals surface area contributed by atoms with E-state index in [0.29, 0.717) is 5.13 Å². The molecule has 7 nitrogen and oxygen atoms in total. The Kier molecular flexibility index (Phi) is 5.20. The number of amides is 1. The van der Waals surface area contributed by atoms with Gasteiger partial charge in [0.05, 0.1) is 0 Å². The molecule has 0 radical (unpaired) electrons. The largest absolute Gasteiger partial charge is 0.482 e. The zero-order valence-electron chi connectivity index (χ0n) is 13.4. The summed E-state index contributed by atoms with van der Waals surface area (Å²) in [6.45, 7) is 2.18. The van der Waals surface area contributed by atoms with Crippen LogP contribution in [0.3, 0.4) is 0 Å². The third-order valence-corrected chi connectivity index (χ3v) is 4.23. The molecule has 8 heteroatoms. The van der Waals surface area contributed by atoms with Gasteiger partial charge in [0.25, 0.3) is 5.91 Å². The van der Waals surface area contributed by atoms with Crippen LogP contribution in [0.2, 0.25) is 0 Å². The lowest BCUT2D eigenvalue weighted by atomic mass is 10.2. The number of carbonyl (C=O) groups is 1. The molecule has 128 valence electrons. The van der Waals surface area contributed by atoms with Gasteiger partial charge in [-0.3, -0.25) is 14.9 Å². The molecule has 0 atom stereocenters. The Balaban J connectivity index is 1.66. The second-order valence-electron chi connectivity index (χ2n) is 5.06. The highest BCUT2D eigenvalue weighted by molar-refractivity contribution is 7.15. The minimum absolute atomic E-state index is 0.0459. The first kappa shape index (κ1) is 16.8. The fraction of sp³-hybridized carbons (Fsp3) is 0.176. The average Bonchev–Trinajstić information content (AvgIpc) is 3.09. The second-order valence-corrected chi connectivity index (χ2v) is 6.12. The van der Waals surface area contributed by atoms with Crippen LogP contribution in [0.4, 0.5) is 5.13 Å². The van der Waals surface area contributed by atoms with Gasteiger partial charge in [-0.2, -0.15) is 0 Å². The van der Waals surface area contributed by atoms with Crippen molar-refractivity contribution >= 4 is 22.4 Å². The fourth-order valence-electron chi connectivity index (χ4n) is 1.96. The quantitative estimate of drug-likeness (QED) is 0.729. The van der Waals surface area contributed by atoms with Crippen molar-refractivity contribution in [2.24, 2.45) is 0 Å². The lowest BCUT2D eigenvalue weighted by molar-refractivity contribution is 0.0993. The lowest BCUT2D eigenvalue weighted by Crippen LogP contribution is -2.15. The van der Waals surface area contributed by atoms with E-state index in [2.05, 4.69) is 15.5 Å². The molecule has 25 heavy (non-hydrogen) atoms. The van der Waals surface area contributed by atoms with Crippen molar-refractivity contribution in [1.82, 2.24) is 10.2 Å². The Hall–Kier alpha value is -3.00. The first-order chi connectivity index (χ1) is 12.2. The normalized spacial score (nSPS) is 10.4. The molecule has 1 aromatic carbocycles. The molecule has 0 aliphatic rings. The van der Waals surface area contributed by atoms with Crippen LogP contribution in [0.15, 0.2) is 51.9 Å². The summed E-state index contributed by atoms with van der Waals surface area (Å²) in [6.07, 6.45) is 1.87. The van der Waals surface area contributed by atoms with Crippen molar-refractivity contribution in [2.45, 2.75) is 20.0 Å². The van der Waals surface area contributed by atoms with Crippen LogP contribution in [0, 0.1) is 0 Å². The number of nitrogens with zero attached hydrogens (tertiary/aromatic N) is 2. The van der Waals surface area contributed by atoms with E-state index in [1.54, 1.807) is 0 Å². The highest BCUT2D eigenvalue weighted by Crippen LogP contribution is 2.17. The van der Waals surface area contributed by atoms with Gasteiger partial charge in [0, 0.05) is 6.07 Å². The number of ether oxygens (including phenoxy) is 1. The molecule has 0 fully saturated rings. The first-order valence-corrected chi connectivity index (χ1v) is 8.40. The van der Waals surface area contributed by atoms with Crippen LogP contribution in [0.5, 0.6) is 5.75 Å². The third kappa shape index (κ3) is 4.30. The highest BCUT2D eigenvalue weighted by Gasteiger charge is 2.14. The SMILES string of the molecule is CCc1nnc(NC(=O)c2cc(=O)c(OCc3ccccc3)co2)s1. The fourth-order valence-corrected chi connectivity index (χ4v) is 2.64. The van der Waals surface area contributed by atoms with Crippen LogP contribution in [-0.2, 0) is 13.0 Å². The van der Waals surface area contributed by atoms with E-state index in [1.165, 1.54) is 11.3 Å². The molecule has 1 N–H and O–H groups in total. The van der Waals surface area contributed by atoms with Crippen molar-refractivity contribution in [3.63, 3.8) is 0 Å². The Morgan fingerprint density at radius 1 is 1.28 bits per heavy atom. The molecule has 3 rings (SSSR count). The van der Waals surface area contributed by atoms with Gasteiger partial charge in [-0.15, -0.1) is 10.2 Å². The van der Waals surface area contributed by atoms with Gasteiger partial charge < -0.3 is 9.15 Å². The van der Waals surface area contributed by atoms with E-state index in [9.17, 15) is 9.59 Å². The molecular weight excluding hydrogens is 342 g/mol. The second kappa shape index (κ2) is 7.71. The molecule has 0 bridgehead atoms. The molecule has 0 aliphatic heterocycles. The number of aryl methyl sites for hydroxylation is 1. The van der Waals surface area contributed by atoms with Crippen molar-refractivity contribution in [3.05, 3.63) is 69.2 Å². The maximum atomic E-state index is 12.1. The van der Waals surface area contributed by atoms with Crippen molar-refractivity contribution < 1.29 is 13.9 Å². The maximum Gasteiger partial charge on any atom is 0.293 e. The van der Waals surface area contributed by atoms with E-state index in [4.69, 9.17) is 9.15 Å². The molecule has 0 unspecified atom stereocenters. The number of hydrogen-bond donors (Lipinski definition) is 1. The lowest BCUT2D eigenvalue weighted by Gasteiger charge is -2.05. The summed E-state index contributed by atoms with van der Waals surface area (Å²) in [6, 6.07) is 10.5. The molecule has 0 spiro atoms. The monoisotopic (exact) mass is 357 g/mol. The van der Waals surface area contributed by atoms with E-state index in [-0.39, 0.29) is 18.1 Å². The van der Waals surface area contributed by atoms with Crippen LogP contribution in [0.1, 0.15) is 28.0 Å². The summed E-state index contributed by atoms with van der Waals surface area (Å²) >= 11 is 1.27. The van der Waals surface area contributed by atoms with Crippen molar-refractivity contribution in [3.8, 4) is 5.75 Å². The summed E-state index contributed by atoms with van der Waals surface area (Å²) in [5.41, 5.74) is 0.491. The molecule has 0 saturated heterocycles. The van der Waals surface area contributed by atoms with Gasteiger partial charge in [-0.1, -0.05) is 48.6 Å². The summed E-state index contributed by atoms with van der Waals surface area (Å²) < 4.78 is 10.6. The standard InChI is InChI=1S/C17H15N3O4S/c1-2-15-19-20-17(25-15)18-16(22)13-8-12(21)14(10-24-13)23-9-11-6-4-3-5-7-11/h3-8,10H,2,9H2,1H3,(H,18,20,22). The van der Waals surface area contributed by atoms with Gasteiger partial charge in [-0.05, 0) is 12.0 Å². The molecule has 2 aromatic heterocycles. The molecule has 0 saturated carbocycles. The number of carbonyl (C=O) groups excluding carboxylic acids is 1. The van der Waals surface area contributed by atoms with Crippen molar-refractivity contribution in [1.29, 1.82) is 0 Å². The maximum absolute atomic E-state index is 12.1. The Bertz CT molecular complexity index is 921. The van der Waals surface area contributed by atoms with Gasteiger partial charge in [0.15, 0.2) is 5.76 Å². The number of benzene rings is 1. The summed E-state index contributed by atoms with van der Waals surface area (Å²) in [5, 5.41) is 11.5. The van der Waals surface area contributed by atoms with E-state index < -0.39 is 11.3 Å². The van der Waals surface area contributed by atoms with Gasteiger partial charge >= 0.3 is 0 Å². The summed E-state index contributed by atoms with van der Waals surface area (Å²) in [7, 11) is 0. The Morgan fingerprint density at radius 3 is 2.76 bits per heavy atom. The highest BCUT2D eigenvalue weighted by atomic mass is 32.1. The van der Waals surface area contributed by atoms with Gasteiger partial charge in [0.2, 0.25) is 16.3 Å². The predicted octanol–water partition coefficient (Wildman–Crippen LogP) is 2.89. The molecule has 3 aromatic rings. The predicted molar refractivity (Wildman–Crippen MR) is 93.0 cm³/mol. The smallest absolute Gasteiger partial charge is 0.293 e. The molecule has 1 amide bonds. The molecule has 2 heterocycles. The van der Waals surface area contributed by atoms with Crippen LogP contribution < -0.4 is 15.5 Å². The number of nitrogens with one attached hydrogen (secondary N) is 1. The molecule has 0 aliphatic carbocycles. The Morgan fingerprint density at radius 2 is 2.08 bits per heavy atom. The third-order valence-electron chi connectivity index (χ3n) is 3.25. The van der Waals surface area contributed by atoms with Crippen LogP contribution in [0.25, 0.3) is 0 Å². The zero-order chi connectivity index (χ0) is 17.6. The topological polar surface area (TPSA) is 94.3 Å². The number of hydrogen-bond acceptors (Lipinski definition) is 7. The van der Waals surface area contributed by atoms with Crippen LogP contribution >= 0.6 is 11.3 Å². The van der Waals surface area contributed by atoms with Gasteiger partial charge in [-0.25, -0.2) is 0 Å². The zero-order valence-corrected chi connectivity index (χ0v) is 14.2.